The number of hydrogen-bond acceptors (Lipinski definition) is 2. The van der Waals surface area contributed by atoms with Crippen LogP contribution in [0.3, 0.4) is 0 Å². The van der Waals surface area contributed by atoms with E-state index in [2.05, 4.69) is 0 Å². The fourth-order valence-electron chi connectivity index (χ4n) is 1.08. The summed E-state index contributed by atoms with van der Waals surface area (Å²) >= 11 is 1.24. The summed E-state index contributed by atoms with van der Waals surface area (Å²) in [7, 11) is 0. The van der Waals surface area contributed by atoms with Gasteiger partial charge < -0.3 is 0 Å². The van der Waals surface area contributed by atoms with Crippen molar-refractivity contribution in [1.29, 1.82) is 0 Å². The highest BCUT2D eigenvalue weighted by atomic mass is 32.1. The molecule has 0 saturated heterocycles. The Hall–Kier alpha value is -1.35. The topological polar surface area (TPSA) is 37.0 Å². The molecule has 1 radical (unpaired) electrons. The maximum Gasteiger partial charge on any atom is 0.396 e. The predicted octanol–water partition coefficient (Wildman–Crippen LogP) is 2.47. The van der Waals surface area contributed by atoms with Gasteiger partial charge in [-0.3, -0.25) is 0 Å². The Balaban J connectivity index is 2.70. The Morgan fingerprint density at radius 2 is 2.00 bits per heavy atom. The predicted molar refractivity (Wildman–Crippen MR) is 46.8 cm³/mol. The summed E-state index contributed by atoms with van der Waals surface area (Å²) in [6.45, 7) is 0. The molecule has 2 aromatic rings. The van der Waals surface area contributed by atoms with Gasteiger partial charge in [0.15, 0.2) is 0 Å². The second kappa shape index (κ2) is 2.60. The minimum absolute atomic E-state index is 0.288. The third-order valence-electron chi connectivity index (χ3n) is 1.63. The van der Waals surface area contributed by atoms with Gasteiger partial charge in [-0.15, -0.1) is 11.3 Å². The average Bonchev–Trinajstić information content (AvgIpc) is 2.46. The molecule has 0 unspecified atom stereocenters. The van der Waals surface area contributed by atoms with E-state index < -0.39 is 5.97 Å². The Morgan fingerprint density at radius 3 is 2.67 bits per heavy atom. The van der Waals surface area contributed by atoms with Crippen molar-refractivity contribution in [3.63, 3.8) is 0 Å². The van der Waals surface area contributed by atoms with E-state index in [0.717, 1.165) is 10.1 Å². The number of fused-ring (bicyclic) bond motifs is 1. The Labute approximate surface area is 73.1 Å². The van der Waals surface area contributed by atoms with E-state index in [9.17, 15) is 9.90 Å². The summed E-state index contributed by atoms with van der Waals surface area (Å²) in [4.78, 5) is 10.8. The lowest BCUT2D eigenvalue weighted by atomic mass is 10.2. The first kappa shape index (κ1) is 7.31. The van der Waals surface area contributed by atoms with Crippen molar-refractivity contribution in [1.82, 2.24) is 0 Å². The Bertz CT molecular complexity index is 398. The molecule has 1 aromatic heterocycles. The van der Waals surface area contributed by atoms with Crippen LogP contribution in [0.2, 0.25) is 0 Å². The van der Waals surface area contributed by atoms with Crippen molar-refractivity contribution >= 4 is 27.4 Å². The molecule has 0 spiro atoms. The van der Waals surface area contributed by atoms with Crippen molar-refractivity contribution in [3.8, 4) is 0 Å². The average molecular weight is 177 g/mol. The standard InChI is InChI=1S/C9H5O2S/c10-9(11)8-5-6-3-1-2-4-7(6)12-8/h1-5H. The molecule has 0 N–H and O–H groups in total. The van der Waals surface area contributed by atoms with E-state index >= 15 is 0 Å². The van der Waals surface area contributed by atoms with Gasteiger partial charge in [-0.05, 0) is 17.5 Å². The molecule has 0 bridgehead atoms. The zero-order valence-corrected chi connectivity index (χ0v) is 6.93. The van der Waals surface area contributed by atoms with E-state index in [4.69, 9.17) is 0 Å². The van der Waals surface area contributed by atoms with Gasteiger partial charge in [0.1, 0.15) is 4.88 Å². The van der Waals surface area contributed by atoms with Crippen LogP contribution >= 0.6 is 11.3 Å². The molecule has 0 aliphatic rings. The van der Waals surface area contributed by atoms with Crippen LogP contribution in [0.1, 0.15) is 9.67 Å². The van der Waals surface area contributed by atoms with Gasteiger partial charge in [0.25, 0.3) is 0 Å². The van der Waals surface area contributed by atoms with E-state index in [1.54, 1.807) is 6.07 Å². The van der Waals surface area contributed by atoms with Gasteiger partial charge in [-0.1, -0.05) is 18.2 Å². The van der Waals surface area contributed by atoms with E-state index in [0.29, 0.717) is 0 Å². The molecule has 0 atom stereocenters. The van der Waals surface area contributed by atoms with Crippen molar-refractivity contribution < 1.29 is 9.90 Å². The van der Waals surface area contributed by atoms with Crippen LogP contribution in [0.5, 0.6) is 0 Å². The highest BCUT2D eigenvalue weighted by Gasteiger charge is 2.08. The second-order valence-corrected chi connectivity index (χ2v) is 3.52. The molecular formula is C9H5O2S. The maximum atomic E-state index is 10.5. The lowest BCUT2D eigenvalue weighted by Crippen LogP contribution is -1.86. The third kappa shape index (κ3) is 1.08. The van der Waals surface area contributed by atoms with Crippen molar-refractivity contribution in [2.45, 2.75) is 0 Å². The maximum absolute atomic E-state index is 10.5. The minimum atomic E-state index is -1.10. The monoisotopic (exact) mass is 177 g/mol. The van der Waals surface area contributed by atoms with Crippen LogP contribution in [-0.4, -0.2) is 5.97 Å². The lowest BCUT2D eigenvalue weighted by molar-refractivity contribution is 0.0579. The van der Waals surface area contributed by atoms with Gasteiger partial charge in [-0.25, -0.2) is 9.90 Å². The number of hydrogen-bond donors (Lipinski definition) is 0. The molecule has 0 fully saturated rings. The smallest absolute Gasteiger partial charge is 0.241 e. The fraction of sp³-hybridized carbons (Fsp3) is 0. The zero-order chi connectivity index (χ0) is 8.55. The van der Waals surface area contributed by atoms with Gasteiger partial charge in [-0.2, -0.15) is 0 Å². The van der Waals surface area contributed by atoms with Crippen LogP contribution < -0.4 is 0 Å². The molecule has 2 rings (SSSR count). The molecule has 12 heavy (non-hydrogen) atoms. The van der Waals surface area contributed by atoms with Crippen LogP contribution in [-0.2, 0) is 5.11 Å². The van der Waals surface area contributed by atoms with Crippen molar-refractivity contribution in [2.75, 3.05) is 0 Å². The second-order valence-electron chi connectivity index (χ2n) is 2.44. The first-order chi connectivity index (χ1) is 5.77. The Kier molecular flexibility index (Phi) is 1.59. The largest absolute Gasteiger partial charge is 0.396 e. The molecule has 2 nitrogen and oxygen atoms in total. The van der Waals surface area contributed by atoms with E-state index in [1.807, 2.05) is 24.3 Å². The van der Waals surface area contributed by atoms with Gasteiger partial charge >= 0.3 is 5.97 Å². The molecule has 1 heterocycles. The van der Waals surface area contributed by atoms with Crippen molar-refractivity contribution in [2.24, 2.45) is 0 Å². The summed E-state index contributed by atoms with van der Waals surface area (Å²) in [5.74, 6) is -1.10. The number of rotatable bonds is 1. The summed E-state index contributed by atoms with van der Waals surface area (Å²) in [6.07, 6.45) is 0. The number of carbonyl (C=O) groups excluding carboxylic acids is 1. The quantitative estimate of drug-likeness (QED) is 0.659. The highest BCUT2D eigenvalue weighted by Crippen LogP contribution is 2.24. The van der Waals surface area contributed by atoms with Gasteiger partial charge in [0, 0.05) is 4.70 Å². The first-order valence-electron chi connectivity index (χ1n) is 3.47. The molecule has 1 aromatic carbocycles. The summed E-state index contributed by atoms with van der Waals surface area (Å²) < 4.78 is 0.983. The number of thiophene rings is 1. The summed E-state index contributed by atoms with van der Waals surface area (Å²) in [6, 6.07) is 9.19. The van der Waals surface area contributed by atoms with Crippen LogP contribution in [0.15, 0.2) is 30.3 Å². The molecule has 0 aliphatic heterocycles. The van der Waals surface area contributed by atoms with E-state index in [-0.39, 0.29) is 4.88 Å². The van der Waals surface area contributed by atoms with E-state index in [1.165, 1.54) is 11.3 Å². The Morgan fingerprint density at radius 1 is 1.25 bits per heavy atom. The minimum Gasteiger partial charge on any atom is -0.241 e. The highest BCUT2D eigenvalue weighted by molar-refractivity contribution is 7.20. The zero-order valence-electron chi connectivity index (χ0n) is 6.11. The molecule has 59 valence electrons. The van der Waals surface area contributed by atoms with Crippen LogP contribution in [0.4, 0.5) is 0 Å². The number of carbonyl (C=O) groups is 1. The van der Waals surface area contributed by atoms with Crippen LogP contribution in [0.25, 0.3) is 10.1 Å². The third-order valence-corrected chi connectivity index (χ3v) is 2.72. The fourth-order valence-corrected chi connectivity index (χ4v) is 1.98. The van der Waals surface area contributed by atoms with Crippen molar-refractivity contribution in [3.05, 3.63) is 35.2 Å². The molecular weight excluding hydrogens is 172 g/mol. The molecule has 0 aliphatic carbocycles. The molecule has 0 saturated carbocycles. The van der Waals surface area contributed by atoms with Gasteiger partial charge in [0.2, 0.25) is 0 Å². The normalized spacial score (nSPS) is 10.3. The SMILES string of the molecule is [O]C(=O)c1cc2ccccc2s1. The number of benzene rings is 1. The molecule has 0 amide bonds. The summed E-state index contributed by atoms with van der Waals surface area (Å²) in [5, 5.41) is 11.4. The van der Waals surface area contributed by atoms with Crippen LogP contribution in [0, 0.1) is 0 Å². The van der Waals surface area contributed by atoms with Gasteiger partial charge in [0.05, 0.1) is 0 Å². The molecule has 3 heteroatoms. The first-order valence-corrected chi connectivity index (χ1v) is 4.29. The lowest BCUT2D eigenvalue weighted by Gasteiger charge is -1.82. The summed E-state index contributed by atoms with van der Waals surface area (Å²) in [5.41, 5.74) is 0.